The number of nitrogens with one attached hydrogen (secondary N) is 1. The second kappa shape index (κ2) is 8.23. The summed E-state index contributed by atoms with van der Waals surface area (Å²) in [7, 11) is -2.09. The van der Waals surface area contributed by atoms with Crippen LogP contribution in [0.5, 0.6) is 5.75 Å². The number of aromatic nitrogens is 2. The van der Waals surface area contributed by atoms with Gasteiger partial charge in [0, 0.05) is 32.0 Å². The molecule has 3 rings (SSSR count). The number of carbonyl (C=O) groups is 1. The lowest BCUT2D eigenvalue weighted by atomic mass is 9.99. The van der Waals surface area contributed by atoms with Crippen LogP contribution in [0, 0.1) is 5.92 Å². The molecule has 0 saturated carbocycles. The molecule has 1 aliphatic heterocycles. The van der Waals surface area contributed by atoms with Crippen molar-refractivity contribution in [2.75, 3.05) is 18.4 Å². The molecule has 0 radical (unpaired) electrons. The third-order valence-electron chi connectivity index (χ3n) is 4.42. The SMILES string of the molecule is Cn1cc(S(=O)(=O)N2CCC[C@@H](C(=O)Nc3ccc(OC(F)F)cc3)C2)cn1. The highest BCUT2D eigenvalue weighted by Gasteiger charge is 2.34. The average Bonchev–Trinajstić information content (AvgIpc) is 3.10. The Morgan fingerprint density at radius 1 is 1.32 bits per heavy atom. The van der Waals surface area contributed by atoms with E-state index in [0.717, 1.165) is 0 Å². The average molecular weight is 414 g/mol. The smallest absolute Gasteiger partial charge is 0.387 e. The second-order valence-corrected chi connectivity index (χ2v) is 8.38. The van der Waals surface area contributed by atoms with Gasteiger partial charge < -0.3 is 10.1 Å². The maximum Gasteiger partial charge on any atom is 0.387 e. The molecule has 152 valence electrons. The zero-order valence-corrected chi connectivity index (χ0v) is 15.9. The number of carbonyl (C=O) groups excluding carboxylic acids is 1. The van der Waals surface area contributed by atoms with Crippen molar-refractivity contribution in [3.8, 4) is 5.75 Å². The van der Waals surface area contributed by atoms with Crippen molar-refractivity contribution in [3.63, 3.8) is 0 Å². The van der Waals surface area contributed by atoms with E-state index in [9.17, 15) is 22.0 Å². The molecule has 1 N–H and O–H groups in total. The Labute approximate surface area is 161 Å². The monoisotopic (exact) mass is 414 g/mol. The Morgan fingerprint density at radius 2 is 2.04 bits per heavy atom. The molecule has 2 heterocycles. The normalized spacial score (nSPS) is 18.2. The summed E-state index contributed by atoms with van der Waals surface area (Å²) in [5.74, 6) is -0.856. The minimum absolute atomic E-state index is 0.0144. The van der Waals surface area contributed by atoms with Crippen molar-refractivity contribution in [2.45, 2.75) is 24.3 Å². The molecule has 0 bridgehead atoms. The number of sulfonamides is 1. The zero-order valence-electron chi connectivity index (χ0n) is 15.1. The van der Waals surface area contributed by atoms with Crippen LogP contribution in [-0.4, -0.2) is 48.1 Å². The van der Waals surface area contributed by atoms with E-state index in [-0.39, 0.29) is 23.1 Å². The van der Waals surface area contributed by atoms with Crippen molar-refractivity contribution >= 4 is 21.6 Å². The number of rotatable bonds is 6. The molecule has 1 aliphatic rings. The van der Waals surface area contributed by atoms with Gasteiger partial charge in [0.15, 0.2) is 0 Å². The Bertz CT molecular complexity index is 931. The number of anilines is 1. The van der Waals surface area contributed by atoms with Crippen LogP contribution < -0.4 is 10.1 Å². The van der Waals surface area contributed by atoms with Crippen LogP contribution in [0.15, 0.2) is 41.6 Å². The molecule has 1 atom stereocenters. The van der Waals surface area contributed by atoms with Crippen LogP contribution in [0.1, 0.15) is 12.8 Å². The van der Waals surface area contributed by atoms with E-state index in [1.165, 1.54) is 45.6 Å². The van der Waals surface area contributed by atoms with Crippen molar-refractivity contribution < 1.29 is 26.7 Å². The molecular weight excluding hydrogens is 394 g/mol. The van der Waals surface area contributed by atoms with E-state index < -0.39 is 22.6 Å². The number of hydrogen-bond donors (Lipinski definition) is 1. The zero-order chi connectivity index (χ0) is 20.3. The number of ether oxygens (including phenoxy) is 1. The summed E-state index contributed by atoms with van der Waals surface area (Å²) in [6.07, 6.45) is 3.81. The third kappa shape index (κ3) is 4.65. The molecule has 28 heavy (non-hydrogen) atoms. The lowest BCUT2D eigenvalue weighted by molar-refractivity contribution is -0.120. The van der Waals surface area contributed by atoms with Crippen molar-refractivity contribution in [1.29, 1.82) is 0 Å². The highest BCUT2D eigenvalue weighted by Crippen LogP contribution is 2.25. The van der Waals surface area contributed by atoms with Gasteiger partial charge in [-0.1, -0.05) is 0 Å². The fourth-order valence-corrected chi connectivity index (χ4v) is 4.53. The van der Waals surface area contributed by atoms with Gasteiger partial charge in [-0.15, -0.1) is 0 Å². The molecular formula is C17H20F2N4O4S. The summed E-state index contributed by atoms with van der Waals surface area (Å²) in [5.41, 5.74) is 0.416. The summed E-state index contributed by atoms with van der Waals surface area (Å²) in [6.45, 7) is -2.52. The van der Waals surface area contributed by atoms with Gasteiger partial charge in [-0.3, -0.25) is 9.48 Å². The second-order valence-electron chi connectivity index (χ2n) is 6.44. The molecule has 11 heteroatoms. The van der Waals surface area contributed by atoms with Crippen LogP contribution in [0.3, 0.4) is 0 Å². The number of alkyl halides is 2. The van der Waals surface area contributed by atoms with E-state index in [0.29, 0.717) is 25.1 Å². The number of amides is 1. The predicted octanol–water partition coefficient (Wildman–Crippen LogP) is 2.06. The number of hydrogen-bond acceptors (Lipinski definition) is 5. The molecule has 2 aromatic rings. The maximum absolute atomic E-state index is 12.7. The summed E-state index contributed by atoms with van der Waals surface area (Å²) in [5, 5.41) is 6.58. The number of benzene rings is 1. The number of nitrogens with zero attached hydrogens (tertiary/aromatic N) is 3. The molecule has 8 nitrogen and oxygen atoms in total. The molecule has 0 unspecified atom stereocenters. The lowest BCUT2D eigenvalue weighted by Crippen LogP contribution is -2.43. The largest absolute Gasteiger partial charge is 0.435 e. The van der Waals surface area contributed by atoms with Crippen molar-refractivity contribution in [2.24, 2.45) is 13.0 Å². The first-order valence-corrected chi connectivity index (χ1v) is 10.0. The molecule has 1 aromatic heterocycles. The minimum Gasteiger partial charge on any atom is -0.435 e. The van der Waals surface area contributed by atoms with Gasteiger partial charge in [-0.05, 0) is 37.1 Å². The van der Waals surface area contributed by atoms with E-state index in [1.807, 2.05) is 0 Å². The standard InChI is InChI=1S/C17H20F2N4O4S/c1-22-11-15(9-20-22)28(25,26)23-8-2-3-12(10-23)16(24)21-13-4-6-14(7-5-13)27-17(18)19/h4-7,9,11-12,17H,2-3,8,10H2,1H3,(H,21,24)/t12-/m1/s1. The first kappa shape index (κ1) is 20.2. The fourth-order valence-electron chi connectivity index (χ4n) is 3.02. The van der Waals surface area contributed by atoms with Crippen molar-refractivity contribution in [1.82, 2.24) is 14.1 Å². The fraction of sp³-hybridized carbons (Fsp3) is 0.412. The molecule has 1 amide bonds. The molecule has 1 saturated heterocycles. The number of aryl methyl sites for hydroxylation is 1. The van der Waals surface area contributed by atoms with Crippen LogP contribution in [0.2, 0.25) is 0 Å². The molecule has 1 fully saturated rings. The van der Waals surface area contributed by atoms with E-state index in [2.05, 4.69) is 15.2 Å². The van der Waals surface area contributed by atoms with E-state index >= 15 is 0 Å². The van der Waals surface area contributed by atoms with Gasteiger partial charge >= 0.3 is 6.61 Å². The summed E-state index contributed by atoms with van der Waals surface area (Å²) < 4.78 is 56.8. The molecule has 0 spiro atoms. The first-order chi connectivity index (χ1) is 13.3. The third-order valence-corrected chi connectivity index (χ3v) is 6.24. The number of halogens is 2. The Kier molecular flexibility index (Phi) is 5.94. The van der Waals surface area contributed by atoms with Gasteiger partial charge in [0.1, 0.15) is 10.6 Å². The topological polar surface area (TPSA) is 93.5 Å². The Morgan fingerprint density at radius 3 is 2.64 bits per heavy atom. The predicted molar refractivity (Wildman–Crippen MR) is 96.4 cm³/mol. The highest BCUT2D eigenvalue weighted by atomic mass is 32.2. The van der Waals surface area contributed by atoms with Gasteiger partial charge in [-0.2, -0.15) is 18.2 Å². The highest BCUT2D eigenvalue weighted by molar-refractivity contribution is 7.89. The van der Waals surface area contributed by atoms with Crippen LogP contribution in [0.4, 0.5) is 14.5 Å². The summed E-state index contributed by atoms with van der Waals surface area (Å²) in [6, 6.07) is 5.54. The summed E-state index contributed by atoms with van der Waals surface area (Å²) >= 11 is 0. The van der Waals surface area contributed by atoms with Crippen LogP contribution >= 0.6 is 0 Å². The van der Waals surface area contributed by atoms with Crippen LogP contribution in [-0.2, 0) is 21.9 Å². The van der Waals surface area contributed by atoms with Crippen LogP contribution in [0.25, 0.3) is 0 Å². The van der Waals surface area contributed by atoms with Gasteiger partial charge in [-0.25, -0.2) is 8.42 Å². The van der Waals surface area contributed by atoms with Gasteiger partial charge in [0.05, 0.1) is 12.1 Å². The first-order valence-electron chi connectivity index (χ1n) is 8.60. The van der Waals surface area contributed by atoms with E-state index in [1.54, 1.807) is 7.05 Å². The van der Waals surface area contributed by atoms with E-state index in [4.69, 9.17) is 0 Å². The summed E-state index contributed by atoms with van der Waals surface area (Å²) in [4.78, 5) is 12.6. The van der Waals surface area contributed by atoms with Gasteiger partial charge in [0.25, 0.3) is 0 Å². The van der Waals surface area contributed by atoms with Crippen molar-refractivity contribution in [3.05, 3.63) is 36.7 Å². The lowest BCUT2D eigenvalue weighted by Gasteiger charge is -2.30. The minimum atomic E-state index is -3.72. The Hall–Kier alpha value is -2.53. The maximum atomic E-state index is 12.7. The number of piperidine rings is 1. The Balaban J connectivity index is 1.64. The molecule has 1 aromatic carbocycles. The van der Waals surface area contributed by atoms with Gasteiger partial charge in [0.2, 0.25) is 15.9 Å². The molecule has 0 aliphatic carbocycles. The quantitative estimate of drug-likeness (QED) is 0.781.